The maximum Gasteiger partial charge on any atom is 0.343 e. The van der Waals surface area contributed by atoms with Crippen LogP contribution in [-0.2, 0) is 0 Å². The van der Waals surface area contributed by atoms with Crippen LogP contribution in [0.3, 0.4) is 0 Å². The number of carbonyl (C=O) groups is 2. The minimum absolute atomic E-state index is 0.0871. The Morgan fingerprint density at radius 1 is 0.935 bits per heavy atom. The molecule has 154 valence electrons. The average Bonchev–Trinajstić information content (AvgIpc) is 3.30. The van der Waals surface area contributed by atoms with Crippen molar-refractivity contribution in [2.45, 2.75) is 25.3 Å². The quantitative estimate of drug-likeness (QED) is 0.251. The van der Waals surface area contributed by atoms with Crippen molar-refractivity contribution in [1.82, 2.24) is 0 Å². The first kappa shape index (κ1) is 19.3. The van der Waals surface area contributed by atoms with Crippen molar-refractivity contribution >= 4 is 17.4 Å². The topological polar surface area (TPSA) is 55.4 Å². The smallest absolute Gasteiger partial charge is 0.343 e. The highest BCUT2D eigenvalue weighted by Gasteiger charge is 2.38. The highest BCUT2D eigenvalue weighted by molar-refractivity contribution is 5.95. The fourth-order valence-corrected chi connectivity index (χ4v) is 4.63. The second-order valence-electron chi connectivity index (χ2n) is 8.16. The molecule has 1 heterocycles. The first-order chi connectivity index (χ1) is 15.1. The van der Waals surface area contributed by atoms with Gasteiger partial charge in [0.15, 0.2) is 5.78 Å². The van der Waals surface area contributed by atoms with Crippen LogP contribution in [0, 0.1) is 5.92 Å². The lowest BCUT2D eigenvalue weighted by molar-refractivity contribution is 0.0734. The van der Waals surface area contributed by atoms with Gasteiger partial charge in [-0.3, -0.25) is 4.79 Å². The SMILES string of the molecule is CC(=O)c1ccc2c(c1)[C@@H]1C=CC[C@@H]1[C@H](c1ccc(OC(=O)c3ccccc3)cc1)N2. The highest BCUT2D eigenvalue weighted by atomic mass is 16.5. The van der Waals surface area contributed by atoms with E-state index in [1.165, 1.54) is 5.56 Å². The normalized spacial score (nSPS) is 21.0. The molecule has 3 aromatic carbocycles. The van der Waals surface area contributed by atoms with Crippen LogP contribution in [-0.4, -0.2) is 11.8 Å². The molecule has 4 heteroatoms. The van der Waals surface area contributed by atoms with Gasteiger partial charge in [-0.1, -0.05) is 42.5 Å². The molecule has 0 radical (unpaired) electrons. The lowest BCUT2D eigenvalue weighted by Gasteiger charge is -2.37. The number of benzene rings is 3. The summed E-state index contributed by atoms with van der Waals surface area (Å²) in [7, 11) is 0. The van der Waals surface area contributed by atoms with Crippen molar-refractivity contribution in [2.24, 2.45) is 5.92 Å². The fraction of sp³-hybridized carbons (Fsp3) is 0.185. The van der Waals surface area contributed by atoms with Gasteiger partial charge in [0, 0.05) is 17.2 Å². The molecule has 4 nitrogen and oxygen atoms in total. The first-order valence-electron chi connectivity index (χ1n) is 10.6. The Morgan fingerprint density at radius 3 is 2.45 bits per heavy atom. The fourth-order valence-electron chi connectivity index (χ4n) is 4.63. The average molecular weight is 409 g/mol. The Morgan fingerprint density at radius 2 is 1.71 bits per heavy atom. The summed E-state index contributed by atoms with van der Waals surface area (Å²) in [4.78, 5) is 24.1. The lowest BCUT2D eigenvalue weighted by atomic mass is 9.76. The van der Waals surface area contributed by atoms with Crippen LogP contribution in [0.2, 0.25) is 0 Å². The summed E-state index contributed by atoms with van der Waals surface area (Å²) in [5, 5.41) is 3.68. The second kappa shape index (κ2) is 7.88. The van der Waals surface area contributed by atoms with Crippen molar-refractivity contribution in [3.8, 4) is 5.75 Å². The molecule has 0 bridgehead atoms. The Hall–Kier alpha value is -3.66. The lowest BCUT2D eigenvalue weighted by Crippen LogP contribution is -2.29. The van der Waals surface area contributed by atoms with Crippen LogP contribution < -0.4 is 10.1 Å². The van der Waals surface area contributed by atoms with E-state index >= 15 is 0 Å². The number of Topliss-reactive ketones (excluding diaryl/α,β-unsaturated/α-hetero) is 1. The first-order valence-corrected chi connectivity index (χ1v) is 10.6. The third-order valence-electron chi connectivity index (χ3n) is 6.23. The largest absolute Gasteiger partial charge is 0.423 e. The maximum absolute atomic E-state index is 12.3. The summed E-state index contributed by atoms with van der Waals surface area (Å²) in [6, 6.07) is 22.8. The molecule has 1 aliphatic carbocycles. The number of hydrogen-bond acceptors (Lipinski definition) is 4. The van der Waals surface area contributed by atoms with Gasteiger partial charge in [0.2, 0.25) is 0 Å². The van der Waals surface area contributed by atoms with Crippen molar-refractivity contribution in [2.75, 3.05) is 5.32 Å². The third-order valence-corrected chi connectivity index (χ3v) is 6.23. The van der Waals surface area contributed by atoms with Crippen molar-refractivity contribution in [3.63, 3.8) is 0 Å². The molecule has 0 amide bonds. The Balaban J connectivity index is 1.38. The van der Waals surface area contributed by atoms with Gasteiger partial charge in [-0.25, -0.2) is 4.79 Å². The van der Waals surface area contributed by atoms with Crippen LogP contribution in [0.1, 0.15) is 57.1 Å². The molecule has 1 N–H and O–H groups in total. The summed E-state index contributed by atoms with van der Waals surface area (Å²) < 4.78 is 5.52. The molecule has 0 fully saturated rings. The minimum atomic E-state index is -0.362. The van der Waals surface area contributed by atoms with E-state index in [2.05, 4.69) is 17.5 Å². The van der Waals surface area contributed by atoms with E-state index < -0.39 is 0 Å². The zero-order valence-corrected chi connectivity index (χ0v) is 17.2. The standard InChI is InChI=1S/C27H23NO3/c1-17(29)20-12-15-25-24(16-20)22-8-5-9-23(22)26(28-25)18-10-13-21(14-11-18)31-27(30)19-6-3-2-4-7-19/h2-8,10-16,22-23,26,28H,9H2,1H3/t22-,23+,26+/m1/s1. The molecule has 0 saturated heterocycles. The summed E-state index contributed by atoms with van der Waals surface area (Å²) in [6.07, 6.45) is 5.48. The summed E-state index contributed by atoms with van der Waals surface area (Å²) in [5.74, 6) is 0.924. The molecule has 0 saturated carbocycles. The van der Waals surface area contributed by atoms with Gasteiger partial charge in [-0.2, -0.15) is 0 Å². The number of fused-ring (bicyclic) bond motifs is 3. The summed E-state index contributed by atoms with van der Waals surface area (Å²) in [5.41, 5.74) is 4.70. The number of allylic oxidation sites excluding steroid dienone is 2. The maximum atomic E-state index is 12.3. The van der Waals surface area contributed by atoms with E-state index in [0.29, 0.717) is 17.2 Å². The Labute approximate surface area is 181 Å². The number of rotatable bonds is 4. The predicted molar refractivity (Wildman–Crippen MR) is 121 cm³/mol. The number of carbonyl (C=O) groups excluding carboxylic acids is 2. The molecular weight excluding hydrogens is 386 g/mol. The molecule has 0 aromatic heterocycles. The van der Waals surface area contributed by atoms with Crippen LogP contribution in [0.25, 0.3) is 0 Å². The number of nitrogens with one attached hydrogen (secondary N) is 1. The van der Waals surface area contributed by atoms with E-state index in [4.69, 9.17) is 4.74 Å². The number of ether oxygens (including phenoxy) is 1. The van der Waals surface area contributed by atoms with Gasteiger partial charge < -0.3 is 10.1 Å². The van der Waals surface area contributed by atoms with E-state index in [0.717, 1.165) is 23.2 Å². The Kier molecular flexibility index (Phi) is 4.91. The molecule has 1 aliphatic heterocycles. The van der Waals surface area contributed by atoms with E-state index in [9.17, 15) is 9.59 Å². The predicted octanol–water partition coefficient (Wildman–Crippen LogP) is 5.93. The second-order valence-corrected chi connectivity index (χ2v) is 8.16. The highest BCUT2D eigenvalue weighted by Crippen LogP contribution is 2.50. The molecule has 2 aliphatic rings. The molecule has 31 heavy (non-hydrogen) atoms. The van der Waals surface area contributed by atoms with E-state index in [1.807, 2.05) is 60.7 Å². The zero-order chi connectivity index (χ0) is 21.4. The van der Waals surface area contributed by atoms with Crippen LogP contribution in [0.5, 0.6) is 5.75 Å². The third kappa shape index (κ3) is 3.66. The van der Waals surface area contributed by atoms with Gasteiger partial charge in [0.05, 0.1) is 11.6 Å². The molecule has 3 atom stereocenters. The number of anilines is 1. The minimum Gasteiger partial charge on any atom is -0.423 e. The molecular formula is C27H23NO3. The van der Waals surface area contributed by atoms with Gasteiger partial charge in [0.25, 0.3) is 0 Å². The van der Waals surface area contributed by atoms with Gasteiger partial charge in [-0.15, -0.1) is 0 Å². The molecule has 3 aromatic rings. The van der Waals surface area contributed by atoms with Crippen molar-refractivity contribution in [3.05, 3.63) is 107 Å². The van der Waals surface area contributed by atoms with Crippen LogP contribution in [0.4, 0.5) is 5.69 Å². The number of esters is 1. The summed E-state index contributed by atoms with van der Waals surface area (Å²) >= 11 is 0. The zero-order valence-electron chi connectivity index (χ0n) is 17.2. The molecule has 5 rings (SSSR count). The molecule has 0 spiro atoms. The van der Waals surface area contributed by atoms with Crippen LogP contribution in [0.15, 0.2) is 84.9 Å². The van der Waals surface area contributed by atoms with Gasteiger partial charge in [-0.05, 0) is 72.9 Å². The van der Waals surface area contributed by atoms with Crippen molar-refractivity contribution in [1.29, 1.82) is 0 Å². The number of ketones is 1. The van der Waals surface area contributed by atoms with Crippen LogP contribution >= 0.6 is 0 Å². The monoisotopic (exact) mass is 409 g/mol. The van der Waals surface area contributed by atoms with Gasteiger partial charge in [0.1, 0.15) is 5.75 Å². The van der Waals surface area contributed by atoms with Crippen molar-refractivity contribution < 1.29 is 14.3 Å². The van der Waals surface area contributed by atoms with E-state index in [1.54, 1.807) is 19.1 Å². The van der Waals surface area contributed by atoms with Gasteiger partial charge >= 0.3 is 5.97 Å². The Bertz CT molecular complexity index is 1160. The number of hydrogen-bond donors (Lipinski definition) is 1. The summed E-state index contributed by atoms with van der Waals surface area (Å²) in [6.45, 7) is 1.61. The van der Waals surface area contributed by atoms with E-state index in [-0.39, 0.29) is 23.7 Å². The molecule has 0 unspecified atom stereocenters.